The minimum absolute atomic E-state index is 0.0877. The van der Waals surface area contributed by atoms with E-state index in [1.165, 1.54) is 13.2 Å². The highest BCUT2D eigenvalue weighted by Gasteiger charge is 2.41. The molecule has 114 valence electrons. The number of carbonyl (C=O) groups excluding carboxylic acids is 1. The number of methoxy groups -OCH3 is 1. The van der Waals surface area contributed by atoms with Crippen molar-refractivity contribution in [1.82, 2.24) is 10.2 Å². The van der Waals surface area contributed by atoms with Gasteiger partial charge in [-0.15, -0.1) is 10.2 Å². The first-order chi connectivity index (χ1) is 9.97. The molecular weight excluding hydrogens is 274 g/mol. The highest BCUT2D eigenvalue weighted by molar-refractivity contribution is 5.87. The van der Waals surface area contributed by atoms with E-state index in [1.54, 1.807) is 6.07 Å². The number of hydrogen-bond donors (Lipinski definition) is 2. The monoisotopic (exact) mass is 293 g/mol. The zero-order valence-electron chi connectivity index (χ0n) is 12.1. The fourth-order valence-electron chi connectivity index (χ4n) is 2.50. The smallest absolute Gasteiger partial charge is 0.358 e. The van der Waals surface area contributed by atoms with Crippen LogP contribution in [0.3, 0.4) is 0 Å². The summed E-state index contributed by atoms with van der Waals surface area (Å²) >= 11 is 0. The standard InChI is InChI=1S/C14H19N3O4/c1-9-5-7-14(8-6-9,13(19)20)15-11-4-3-10(16-17-11)12(18)21-2/h3-4,9H,5-8H2,1-2H3,(H,15,17)(H,19,20). The van der Waals surface area contributed by atoms with Crippen LogP contribution in [0.15, 0.2) is 12.1 Å². The molecule has 0 unspecified atom stereocenters. The van der Waals surface area contributed by atoms with Gasteiger partial charge in [-0.25, -0.2) is 9.59 Å². The van der Waals surface area contributed by atoms with Crippen LogP contribution in [0.25, 0.3) is 0 Å². The van der Waals surface area contributed by atoms with E-state index in [-0.39, 0.29) is 5.69 Å². The van der Waals surface area contributed by atoms with Gasteiger partial charge in [0.05, 0.1) is 7.11 Å². The molecule has 21 heavy (non-hydrogen) atoms. The molecular formula is C14H19N3O4. The van der Waals surface area contributed by atoms with E-state index in [0.717, 1.165) is 12.8 Å². The third-order valence-electron chi connectivity index (χ3n) is 3.96. The maximum atomic E-state index is 11.6. The number of hydrogen-bond acceptors (Lipinski definition) is 6. The highest BCUT2D eigenvalue weighted by Crippen LogP contribution is 2.34. The number of carboxylic acids is 1. The van der Waals surface area contributed by atoms with Crippen LogP contribution in [0, 0.1) is 5.92 Å². The second-order valence-electron chi connectivity index (χ2n) is 5.49. The number of carbonyl (C=O) groups is 2. The Kier molecular flexibility index (Phi) is 4.40. The Balaban J connectivity index is 2.14. The van der Waals surface area contributed by atoms with Gasteiger partial charge in [0, 0.05) is 0 Å². The molecule has 0 atom stereocenters. The maximum absolute atomic E-state index is 11.6. The number of rotatable bonds is 4. The van der Waals surface area contributed by atoms with Gasteiger partial charge in [0.25, 0.3) is 0 Å². The van der Waals surface area contributed by atoms with E-state index in [2.05, 4.69) is 27.2 Å². The van der Waals surface area contributed by atoms with Gasteiger partial charge in [-0.1, -0.05) is 6.92 Å². The number of carboxylic acid groups (broad SMARTS) is 1. The molecule has 1 aromatic heterocycles. The minimum Gasteiger partial charge on any atom is -0.480 e. The number of aromatic nitrogens is 2. The van der Waals surface area contributed by atoms with Crippen LogP contribution >= 0.6 is 0 Å². The number of nitrogens with zero attached hydrogens (tertiary/aromatic N) is 2. The minimum atomic E-state index is -1.01. The first-order valence-corrected chi connectivity index (χ1v) is 6.90. The lowest BCUT2D eigenvalue weighted by Gasteiger charge is -2.36. The van der Waals surface area contributed by atoms with Crippen molar-refractivity contribution < 1.29 is 19.4 Å². The van der Waals surface area contributed by atoms with Crippen LogP contribution in [0.1, 0.15) is 43.1 Å². The van der Waals surface area contributed by atoms with E-state index in [0.29, 0.717) is 24.6 Å². The molecule has 1 aliphatic rings. The third-order valence-corrected chi connectivity index (χ3v) is 3.96. The van der Waals surface area contributed by atoms with E-state index in [9.17, 15) is 14.7 Å². The van der Waals surface area contributed by atoms with Crippen molar-refractivity contribution in [3.63, 3.8) is 0 Å². The van der Waals surface area contributed by atoms with Crippen LogP contribution in [0.5, 0.6) is 0 Å². The lowest BCUT2D eigenvalue weighted by Crippen LogP contribution is -2.49. The van der Waals surface area contributed by atoms with Crippen molar-refractivity contribution in [1.29, 1.82) is 0 Å². The number of nitrogens with one attached hydrogen (secondary N) is 1. The van der Waals surface area contributed by atoms with Crippen LogP contribution in [-0.2, 0) is 9.53 Å². The summed E-state index contributed by atoms with van der Waals surface area (Å²) in [6.45, 7) is 2.12. The van der Waals surface area contributed by atoms with Gasteiger partial charge >= 0.3 is 11.9 Å². The van der Waals surface area contributed by atoms with Gasteiger partial charge < -0.3 is 15.2 Å². The van der Waals surface area contributed by atoms with Crippen LogP contribution in [0.4, 0.5) is 5.82 Å². The van der Waals surface area contributed by atoms with Crippen molar-refractivity contribution in [2.75, 3.05) is 12.4 Å². The molecule has 1 fully saturated rings. The average molecular weight is 293 g/mol. The molecule has 7 heteroatoms. The second-order valence-corrected chi connectivity index (χ2v) is 5.49. The summed E-state index contributed by atoms with van der Waals surface area (Å²) in [4.78, 5) is 22.9. The summed E-state index contributed by atoms with van der Waals surface area (Å²) in [5.41, 5.74) is -0.918. The fraction of sp³-hybridized carbons (Fsp3) is 0.571. The number of anilines is 1. The van der Waals surface area contributed by atoms with Gasteiger partial charge in [0.1, 0.15) is 11.4 Å². The lowest BCUT2D eigenvalue weighted by molar-refractivity contribution is -0.143. The molecule has 0 aliphatic heterocycles. The lowest BCUT2D eigenvalue weighted by atomic mass is 9.77. The zero-order chi connectivity index (χ0) is 15.5. The Morgan fingerprint density at radius 1 is 1.33 bits per heavy atom. The first-order valence-electron chi connectivity index (χ1n) is 6.90. The Hall–Kier alpha value is -2.18. The molecule has 0 bridgehead atoms. The second kappa shape index (κ2) is 6.07. The van der Waals surface area contributed by atoms with Gasteiger partial charge in [0.2, 0.25) is 0 Å². The molecule has 0 spiro atoms. The summed E-state index contributed by atoms with van der Waals surface area (Å²) in [5.74, 6) is -0.576. The summed E-state index contributed by atoms with van der Waals surface area (Å²) in [6.07, 6.45) is 2.80. The van der Waals surface area contributed by atoms with Crippen LogP contribution in [0.2, 0.25) is 0 Å². The van der Waals surface area contributed by atoms with Gasteiger partial charge in [0.15, 0.2) is 5.69 Å². The predicted molar refractivity (Wildman–Crippen MR) is 75.0 cm³/mol. The van der Waals surface area contributed by atoms with Crippen molar-refractivity contribution in [2.45, 2.75) is 38.1 Å². The van der Waals surface area contributed by atoms with Gasteiger partial charge in [-0.2, -0.15) is 0 Å². The quantitative estimate of drug-likeness (QED) is 0.815. The summed E-state index contributed by atoms with van der Waals surface area (Å²) in [5, 5.41) is 20.1. The molecule has 0 aromatic carbocycles. The molecule has 0 saturated heterocycles. The van der Waals surface area contributed by atoms with Crippen molar-refractivity contribution in [2.24, 2.45) is 5.92 Å². The first kappa shape index (κ1) is 15.2. The third kappa shape index (κ3) is 3.29. The van der Waals surface area contributed by atoms with Crippen LogP contribution in [-0.4, -0.2) is 39.9 Å². The summed E-state index contributed by atoms with van der Waals surface area (Å²) < 4.78 is 4.54. The average Bonchev–Trinajstić information content (AvgIpc) is 2.49. The van der Waals surface area contributed by atoms with E-state index in [1.807, 2.05) is 0 Å². The molecule has 2 rings (SSSR count). The normalized spacial score (nSPS) is 25.1. The number of esters is 1. The van der Waals surface area contributed by atoms with E-state index < -0.39 is 17.5 Å². The SMILES string of the molecule is COC(=O)c1ccc(NC2(C(=O)O)CCC(C)CC2)nn1. The molecule has 2 N–H and O–H groups in total. The Labute approximate surface area is 122 Å². The molecule has 1 saturated carbocycles. The highest BCUT2D eigenvalue weighted by atomic mass is 16.5. The van der Waals surface area contributed by atoms with Gasteiger partial charge in [-0.3, -0.25) is 0 Å². The molecule has 0 radical (unpaired) electrons. The molecule has 0 amide bonds. The summed E-state index contributed by atoms with van der Waals surface area (Å²) in [7, 11) is 1.26. The molecule has 1 aliphatic carbocycles. The Morgan fingerprint density at radius 3 is 2.48 bits per heavy atom. The fourth-order valence-corrected chi connectivity index (χ4v) is 2.50. The molecule has 1 aromatic rings. The Bertz CT molecular complexity index is 522. The van der Waals surface area contributed by atoms with Crippen molar-refractivity contribution in [3.8, 4) is 0 Å². The Morgan fingerprint density at radius 2 is 2.00 bits per heavy atom. The number of ether oxygens (including phenoxy) is 1. The van der Waals surface area contributed by atoms with Gasteiger partial charge in [-0.05, 0) is 43.7 Å². The number of aliphatic carboxylic acids is 1. The topological polar surface area (TPSA) is 101 Å². The molecule has 7 nitrogen and oxygen atoms in total. The molecule has 1 heterocycles. The largest absolute Gasteiger partial charge is 0.480 e. The van der Waals surface area contributed by atoms with Crippen molar-refractivity contribution in [3.05, 3.63) is 17.8 Å². The van der Waals surface area contributed by atoms with E-state index in [4.69, 9.17) is 0 Å². The van der Waals surface area contributed by atoms with Crippen LogP contribution < -0.4 is 5.32 Å². The zero-order valence-corrected chi connectivity index (χ0v) is 12.1. The summed E-state index contributed by atoms with van der Waals surface area (Å²) in [6, 6.07) is 3.00. The predicted octanol–water partition coefficient (Wildman–Crippen LogP) is 1.71. The van der Waals surface area contributed by atoms with Crippen molar-refractivity contribution >= 4 is 17.8 Å². The maximum Gasteiger partial charge on any atom is 0.358 e. The van der Waals surface area contributed by atoms with E-state index >= 15 is 0 Å².